The van der Waals surface area contributed by atoms with E-state index < -0.39 is 0 Å². The molecule has 2 aromatic heterocycles. The number of piperidine rings is 1. The standard InChI is InChI=1S/C20H25N5O2/c1-23-12-8-22-19(23)18(26)16-5-4-11-25(14-16)17-13-15(6-7-21-17)20(27)24-9-2-3-10-24/h6-8,12-13,16H,2-5,9-11,14H2,1H3. The van der Waals surface area contributed by atoms with Crippen molar-refractivity contribution in [1.29, 1.82) is 0 Å². The van der Waals surface area contributed by atoms with E-state index in [-0.39, 0.29) is 17.6 Å². The lowest BCUT2D eigenvalue weighted by molar-refractivity contribution is 0.0792. The predicted octanol–water partition coefficient (Wildman–Crippen LogP) is 2.15. The number of imidazole rings is 1. The third-order valence-electron chi connectivity index (χ3n) is 5.54. The summed E-state index contributed by atoms with van der Waals surface area (Å²) in [5, 5.41) is 0. The number of Topliss-reactive ketones (excluding diaryl/α,β-unsaturated/α-hetero) is 1. The molecule has 2 aliphatic heterocycles. The van der Waals surface area contributed by atoms with Crippen LogP contribution in [0.4, 0.5) is 5.82 Å². The van der Waals surface area contributed by atoms with Crippen LogP contribution in [0.1, 0.15) is 46.7 Å². The maximum absolute atomic E-state index is 12.8. The van der Waals surface area contributed by atoms with Crippen LogP contribution in [0, 0.1) is 5.92 Å². The molecule has 2 fully saturated rings. The number of amides is 1. The van der Waals surface area contributed by atoms with Gasteiger partial charge in [-0.05, 0) is 37.8 Å². The SMILES string of the molecule is Cn1ccnc1C(=O)C1CCCN(c2cc(C(=O)N3CCCC3)ccn2)C1. The summed E-state index contributed by atoms with van der Waals surface area (Å²) in [6, 6.07) is 3.65. The van der Waals surface area contributed by atoms with Crippen LogP contribution < -0.4 is 4.90 Å². The first-order valence-electron chi connectivity index (χ1n) is 9.65. The molecule has 2 aromatic rings. The van der Waals surface area contributed by atoms with Crippen LogP contribution in [0.25, 0.3) is 0 Å². The van der Waals surface area contributed by atoms with E-state index >= 15 is 0 Å². The molecule has 2 aliphatic rings. The van der Waals surface area contributed by atoms with Crippen molar-refractivity contribution in [3.8, 4) is 0 Å². The van der Waals surface area contributed by atoms with Gasteiger partial charge < -0.3 is 14.4 Å². The summed E-state index contributed by atoms with van der Waals surface area (Å²) in [4.78, 5) is 38.2. The first kappa shape index (κ1) is 17.7. The molecule has 0 aliphatic carbocycles. The van der Waals surface area contributed by atoms with Gasteiger partial charge in [0.25, 0.3) is 5.91 Å². The van der Waals surface area contributed by atoms with Gasteiger partial charge in [-0.25, -0.2) is 9.97 Å². The number of pyridine rings is 1. The second-order valence-corrected chi connectivity index (χ2v) is 7.41. The zero-order valence-corrected chi connectivity index (χ0v) is 15.7. The number of hydrogen-bond donors (Lipinski definition) is 0. The van der Waals surface area contributed by atoms with Gasteiger partial charge in [-0.15, -0.1) is 0 Å². The molecule has 0 saturated carbocycles. The molecular weight excluding hydrogens is 342 g/mol. The minimum atomic E-state index is -0.0976. The normalized spacial score (nSPS) is 20.1. The number of ketones is 1. The monoisotopic (exact) mass is 367 g/mol. The van der Waals surface area contributed by atoms with Crippen molar-refractivity contribution in [2.24, 2.45) is 13.0 Å². The summed E-state index contributed by atoms with van der Waals surface area (Å²) in [6.07, 6.45) is 9.08. The van der Waals surface area contributed by atoms with Crippen molar-refractivity contribution in [1.82, 2.24) is 19.4 Å². The molecule has 7 nitrogen and oxygen atoms in total. The van der Waals surface area contributed by atoms with Gasteiger partial charge in [0.2, 0.25) is 5.78 Å². The molecule has 4 heterocycles. The highest BCUT2D eigenvalue weighted by molar-refractivity contribution is 5.96. The Hall–Kier alpha value is -2.70. The van der Waals surface area contributed by atoms with Gasteiger partial charge in [0.15, 0.2) is 5.82 Å². The van der Waals surface area contributed by atoms with E-state index in [1.807, 2.05) is 18.0 Å². The molecule has 1 unspecified atom stereocenters. The van der Waals surface area contributed by atoms with Crippen LogP contribution in [-0.4, -0.2) is 57.3 Å². The first-order valence-corrected chi connectivity index (χ1v) is 9.65. The number of hydrogen-bond acceptors (Lipinski definition) is 5. The molecular formula is C20H25N5O2. The van der Waals surface area contributed by atoms with Gasteiger partial charge in [-0.3, -0.25) is 9.59 Å². The number of rotatable bonds is 4. The molecule has 4 rings (SSSR count). The topological polar surface area (TPSA) is 71.3 Å². The summed E-state index contributed by atoms with van der Waals surface area (Å²) in [6.45, 7) is 3.12. The Morgan fingerprint density at radius 2 is 1.89 bits per heavy atom. The molecule has 2 saturated heterocycles. The lowest BCUT2D eigenvalue weighted by atomic mass is 9.93. The van der Waals surface area contributed by atoms with Crippen LogP contribution >= 0.6 is 0 Å². The molecule has 142 valence electrons. The van der Waals surface area contributed by atoms with Gasteiger partial charge in [0, 0.05) is 63.3 Å². The molecule has 27 heavy (non-hydrogen) atoms. The molecule has 0 spiro atoms. The summed E-state index contributed by atoms with van der Waals surface area (Å²) in [5.41, 5.74) is 0.680. The van der Waals surface area contributed by atoms with Crippen molar-refractivity contribution in [3.63, 3.8) is 0 Å². The Kier molecular flexibility index (Phi) is 4.92. The van der Waals surface area contributed by atoms with Crippen molar-refractivity contribution in [2.45, 2.75) is 25.7 Å². The molecule has 1 atom stereocenters. The van der Waals surface area contributed by atoms with Crippen LogP contribution in [0.5, 0.6) is 0 Å². The summed E-state index contributed by atoms with van der Waals surface area (Å²) >= 11 is 0. The van der Waals surface area contributed by atoms with Gasteiger partial charge in [-0.1, -0.05) is 0 Å². The minimum absolute atomic E-state index is 0.0776. The Balaban J connectivity index is 1.50. The summed E-state index contributed by atoms with van der Waals surface area (Å²) in [5.74, 6) is 1.34. The number of aryl methyl sites for hydroxylation is 1. The predicted molar refractivity (Wildman–Crippen MR) is 102 cm³/mol. The van der Waals surface area contributed by atoms with Gasteiger partial charge in [0.05, 0.1) is 0 Å². The van der Waals surface area contributed by atoms with Gasteiger partial charge >= 0.3 is 0 Å². The third-order valence-corrected chi connectivity index (χ3v) is 5.54. The van der Waals surface area contributed by atoms with E-state index in [0.29, 0.717) is 17.9 Å². The van der Waals surface area contributed by atoms with Crippen LogP contribution in [0.15, 0.2) is 30.7 Å². The number of aromatic nitrogens is 3. The fourth-order valence-electron chi connectivity index (χ4n) is 4.01. The van der Waals surface area contributed by atoms with E-state index in [1.165, 1.54) is 0 Å². The van der Waals surface area contributed by atoms with Gasteiger partial charge in [-0.2, -0.15) is 0 Å². The van der Waals surface area contributed by atoms with Crippen LogP contribution in [-0.2, 0) is 7.05 Å². The lowest BCUT2D eigenvalue weighted by Gasteiger charge is -2.33. The zero-order valence-electron chi connectivity index (χ0n) is 15.7. The van der Waals surface area contributed by atoms with Crippen LogP contribution in [0.2, 0.25) is 0 Å². The number of likely N-dealkylation sites (tertiary alicyclic amines) is 1. The minimum Gasteiger partial charge on any atom is -0.356 e. The number of anilines is 1. The van der Waals surface area contributed by atoms with E-state index in [1.54, 1.807) is 29.2 Å². The maximum Gasteiger partial charge on any atom is 0.254 e. The van der Waals surface area contributed by atoms with E-state index in [9.17, 15) is 9.59 Å². The largest absolute Gasteiger partial charge is 0.356 e. The Morgan fingerprint density at radius 1 is 1.07 bits per heavy atom. The Labute approximate surface area is 159 Å². The highest BCUT2D eigenvalue weighted by Gasteiger charge is 2.29. The molecule has 1 amide bonds. The molecule has 0 radical (unpaired) electrons. The highest BCUT2D eigenvalue weighted by Crippen LogP contribution is 2.25. The fraction of sp³-hybridized carbons (Fsp3) is 0.500. The van der Waals surface area contributed by atoms with Gasteiger partial charge in [0.1, 0.15) is 5.82 Å². The fourth-order valence-corrected chi connectivity index (χ4v) is 4.01. The van der Waals surface area contributed by atoms with E-state index in [4.69, 9.17) is 0 Å². The zero-order chi connectivity index (χ0) is 18.8. The highest BCUT2D eigenvalue weighted by atomic mass is 16.2. The molecule has 0 bridgehead atoms. The third kappa shape index (κ3) is 3.59. The number of carbonyl (C=O) groups excluding carboxylic acids is 2. The summed E-state index contributed by atoms with van der Waals surface area (Å²) < 4.78 is 1.77. The Morgan fingerprint density at radius 3 is 2.63 bits per heavy atom. The maximum atomic E-state index is 12.8. The lowest BCUT2D eigenvalue weighted by Crippen LogP contribution is -2.40. The average Bonchev–Trinajstić information content (AvgIpc) is 3.39. The number of nitrogens with zero attached hydrogens (tertiary/aromatic N) is 5. The van der Waals surface area contributed by atoms with Crippen molar-refractivity contribution in [2.75, 3.05) is 31.1 Å². The summed E-state index contributed by atoms with van der Waals surface area (Å²) in [7, 11) is 1.84. The Bertz CT molecular complexity index is 840. The molecule has 0 N–H and O–H groups in total. The van der Waals surface area contributed by atoms with Crippen molar-refractivity contribution in [3.05, 3.63) is 42.1 Å². The van der Waals surface area contributed by atoms with Crippen molar-refractivity contribution >= 4 is 17.5 Å². The quantitative estimate of drug-likeness (QED) is 0.775. The van der Waals surface area contributed by atoms with Crippen molar-refractivity contribution < 1.29 is 9.59 Å². The molecule has 0 aromatic carbocycles. The van der Waals surface area contributed by atoms with E-state index in [0.717, 1.165) is 51.1 Å². The average molecular weight is 367 g/mol. The second-order valence-electron chi connectivity index (χ2n) is 7.41. The van der Waals surface area contributed by atoms with Crippen LogP contribution in [0.3, 0.4) is 0 Å². The molecule has 7 heteroatoms. The first-order chi connectivity index (χ1) is 13.1. The van der Waals surface area contributed by atoms with E-state index in [2.05, 4.69) is 14.9 Å². The number of carbonyl (C=O) groups is 2. The smallest absolute Gasteiger partial charge is 0.254 e. The second kappa shape index (κ2) is 7.50.